The van der Waals surface area contributed by atoms with Gasteiger partial charge in [-0.2, -0.15) is 9.79 Å². The molecular weight excluding hydrogens is 476 g/mol. The third-order valence-corrected chi connectivity index (χ3v) is 7.77. The largest absolute Gasteiger partial charge is 0.443 e. The molecule has 1 heterocycles. The molecule has 36 heavy (non-hydrogen) atoms. The third kappa shape index (κ3) is 6.13. The lowest BCUT2D eigenvalue weighted by molar-refractivity contribution is -0.191. The predicted octanol–water partition coefficient (Wildman–Crippen LogP) is 5.88. The summed E-state index contributed by atoms with van der Waals surface area (Å²) in [6.45, 7) is 4.01. The summed E-state index contributed by atoms with van der Waals surface area (Å²) >= 11 is 0. The van der Waals surface area contributed by atoms with Crippen molar-refractivity contribution in [1.82, 2.24) is 9.79 Å². The van der Waals surface area contributed by atoms with Crippen molar-refractivity contribution in [3.8, 4) is 0 Å². The Bertz CT molecular complexity index is 1250. The van der Waals surface area contributed by atoms with E-state index in [1.165, 1.54) is 5.06 Å². The molecule has 1 aliphatic rings. The molecule has 0 saturated carbocycles. The van der Waals surface area contributed by atoms with Crippen LogP contribution in [0.2, 0.25) is 0 Å². The zero-order valence-electron chi connectivity index (χ0n) is 20.6. The number of sulfonamides is 1. The number of ether oxygens (including phenoxy) is 1. The van der Waals surface area contributed by atoms with Gasteiger partial charge in [0.15, 0.2) is 5.72 Å². The highest BCUT2D eigenvalue weighted by Crippen LogP contribution is 2.43. The number of amides is 1. The SMILES string of the molecule is CCCC[C@@]1(NS(=O)(=O)c2ccc(C)cc2)C[C@@H](c2ccccc2)N(C(=O)OCc2ccccc2)O1. The van der Waals surface area contributed by atoms with Gasteiger partial charge in [0.25, 0.3) is 0 Å². The standard InChI is InChI=1S/C28H32N2O5S/c1-3-4-19-28(29-36(32,33)25-17-15-22(2)16-18-25)20-26(24-13-9-6-10-14-24)30(35-28)27(31)34-21-23-11-7-5-8-12-23/h5-18,26,29H,3-4,19-21H2,1-2H3/t26-,28-/m0/s1. The number of hydrogen-bond donors (Lipinski definition) is 1. The van der Waals surface area contributed by atoms with E-state index in [0.717, 1.165) is 23.1 Å². The van der Waals surface area contributed by atoms with Crippen molar-refractivity contribution in [1.29, 1.82) is 0 Å². The maximum absolute atomic E-state index is 13.4. The third-order valence-electron chi connectivity index (χ3n) is 6.23. The van der Waals surface area contributed by atoms with E-state index in [4.69, 9.17) is 9.57 Å². The van der Waals surface area contributed by atoms with Crippen molar-refractivity contribution in [2.24, 2.45) is 0 Å². The molecular formula is C28H32N2O5S. The molecule has 3 aromatic rings. The summed E-state index contributed by atoms with van der Waals surface area (Å²) in [7, 11) is -3.91. The molecule has 0 unspecified atom stereocenters. The summed E-state index contributed by atoms with van der Waals surface area (Å²) in [5.74, 6) is 0. The predicted molar refractivity (Wildman–Crippen MR) is 137 cm³/mol. The van der Waals surface area contributed by atoms with E-state index in [1.54, 1.807) is 24.3 Å². The van der Waals surface area contributed by atoms with Crippen molar-refractivity contribution in [2.45, 2.75) is 62.8 Å². The van der Waals surface area contributed by atoms with Crippen LogP contribution in [0.3, 0.4) is 0 Å². The van der Waals surface area contributed by atoms with Gasteiger partial charge in [-0.15, -0.1) is 0 Å². The average Bonchev–Trinajstić information content (AvgIpc) is 3.26. The molecule has 2 atom stereocenters. The number of carbonyl (C=O) groups is 1. The van der Waals surface area contributed by atoms with Crippen LogP contribution in [0.15, 0.2) is 89.8 Å². The van der Waals surface area contributed by atoms with Gasteiger partial charge in [0, 0.05) is 6.42 Å². The number of benzene rings is 3. The molecule has 0 spiro atoms. The number of nitrogens with one attached hydrogen (secondary N) is 1. The second kappa shape index (κ2) is 11.2. The Kier molecular flexibility index (Phi) is 8.08. The van der Waals surface area contributed by atoms with E-state index < -0.39 is 27.9 Å². The Hall–Kier alpha value is -3.20. The van der Waals surface area contributed by atoms with Crippen LogP contribution in [0, 0.1) is 6.92 Å². The molecule has 1 fully saturated rings. The summed E-state index contributed by atoms with van der Waals surface area (Å²) in [6, 6.07) is 24.9. The Morgan fingerprint density at radius 2 is 1.67 bits per heavy atom. The monoisotopic (exact) mass is 508 g/mol. The van der Waals surface area contributed by atoms with Gasteiger partial charge in [0.05, 0.1) is 10.9 Å². The molecule has 0 bridgehead atoms. The zero-order valence-corrected chi connectivity index (χ0v) is 21.4. The zero-order chi connectivity index (χ0) is 25.6. The summed E-state index contributed by atoms with van der Waals surface area (Å²) in [5.41, 5.74) is 1.34. The van der Waals surface area contributed by atoms with E-state index in [0.29, 0.717) is 12.8 Å². The first-order chi connectivity index (χ1) is 17.3. The number of hydrogen-bond acceptors (Lipinski definition) is 5. The second-order valence-electron chi connectivity index (χ2n) is 9.10. The summed E-state index contributed by atoms with van der Waals surface area (Å²) in [4.78, 5) is 19.6. The number of rotatable bonds is 9. The van der Waals surface area contributed by atoms with Crippen molar-refractivity contribution in [2.75, 3.05) is 0 Å². The van der Waals surface area contributed by atoms with Gasteiger partial charge in [-0.25, -0.2) is 18.0 Å². The number of carbonyl (C=O) groups excluding carboxylic acids is 1. The van der Waals surface area contributed by atoms with Crippen LogP contribution in [-0.2, 0) is 26.2 Å². The highest BCUT2D eigenvalue weighted by Gasteiger charge is 2.51. The molecule has 1 saturated heterocycles. The van der Waals surface area contributed by atoms with Crippen LogP contribution >= 0.6 is 0 Å². The highest BCUT2D eigenvalue weighted by atomic mass is 32.2. The van der Waals surface area contributed by atoms with Gasteiger partial charge >= 0.3 is 6.09 Å². The van der Waals surface area contributed by atoms with Gasteiger partial charge < -0.3 is 4.74 Å². The normalized spacial score (nSPS) is 19.8. The van der Waals surface area contributed by atoms with Gasteiger partial charge in [-0.3, -0.25) is 0 Å². The van der Waals surface area contributed by atoms with E-state index >= 15 is 0 Å². The van der Waals surface area contributed by atoms with Crippen LogP contribution in [-0.4, -0.2) is 25.3 Å². The first-order valence-corrected chi connectivity index (χ1v) is 13.6. The Balaban J connectivity index is 1.63. The van der Waals surface area contributed by atoms with Gasteiger partial charge in [-0.1, -0.05) is 91.7 Å². The fourth-order valence-electron chi connectivity index (χ4n) is 4.30. The lowest BCUT2D eigenvalue weighted by atomic mass is 9.95. The molecule has 7 nitrogen and oxygen atoms in total. The molecule has 3 aromatic carbocycles. The van der Waals surface area contributed by atoms with E-state index in [-0.39, 0.29) is 17.9 Å². The van der Waals surface area contributed by atoms with E-state index in [2.05, 4.69) is 4.72 Å². The van der Waals surface area contributed by atoms with Crippen molar-refractivity contribution in [3.05, 3.63) is 102 Å². The number of hydroxylamine groups is 2. The quantitative estimate of drug-likeness (QED) is 0.390. The van der Waals surface area contributed by atoms with Gasteiger partial charge in [0.1, 0.15) is 6.61 Å². The van der Waals surface area contributed by atoms with Crippen molar-refractivity contribution >= 4 is 16.1 Å². The fourth-order valence-corrected chi connectivity index (χ4v) is 5.63. The van der Waals surface area contributed by atoms with Crippen LogP contribution in [0.1, 0.15) is 55.3 Å². The van der Waals surface area contributed by atoms with Crippen LogP contribution in [0.25, 0.3) is 0 Å². The lowest BCUT2D eigenvalue weighted by Crippen LogP contribution is -2.49. The highest BCUT2D eigenvalue weighted by molar-refractivity contribution is 7.89. The molecule has 0 radical (unpaired) electrons. The topological polar surface area (TPSA) is 84.9 Å². The molecule has 1 amide bonds. The molecule has 4 rings (SSSR count). The minimum atomic E-state index is -3.91. The molecule has 0 aromatic heterocycles. The molecule has 1 N–H and O–H groups in total. The van der Waals surface area contributed by atoms with Gasteiger partial charge in [-0.05, 0) is 43.0 Å². The van der Waals surface area contributed by atoms with Crippen molar-refractivity contribution in [3.63, 3.8) is 0 Å². The summed E-state index contributed by atoms with van der Waals surface area (Å²) < 4.78 is 35.1. The first kappa shape index (κ1) is 25.9. The molecule has 8 heteroatoms. The average molecular weight is 509 g/mol. The van der Waals surface area contributed by atoms with Crippen LogP contribution in [0.5, 0.6) is 0 Å². The number of aryl methyl sites for hydroxylation is 1. The van der Waals surface area contributed by atoms with Crippen LogP contribution in [0.4, 0.5) is 4.79 Å². The first-order valence-electron chi connectivity index (χ1n) is 12.2. The molecule has 1 aliphatic heterocycles. The van der Waals surface area contributed by atoms with Gasteiger partial charge in [0.2, 0.25) is 10.0 Å². The maximum atomic E-state index is 13.4. The summed E-state index contributed by atoms with van der Waals surface area (Å²) in [6.07, 6.45) is 1.54. The minimum Gasteiger partial charge on any atom is -0.443 e. The Morgan fingerprint density at radius 1 is 1.03 bits per heavy atom. The number of nitrogens with zero attached hydrogens (tertiary/aromatic N) is 1. The smallest absolute Gasteiger partial charge is 0.434 e. The van der Waals surface area contributed by atoms with Crippen LogP contribution < -0.4 is 4.72 Å². The number of unbranched alkanes of at least 4 members (excludes halogenated alkanes) is 1. The van der Waals surface area contributed by atoms with Crippen molar-refractivity contribution < 1.29 is 22.8 Å². The minimum absolute atomic E-state index is 0.0814. The Labute approximate surface area is 213 Å². The Morgan fingerprint density at radius 3 is 2.31 bits per heavy atom. The van der Waals surface area contributed by atoms with E-state index in [9.17, 15) is 13.2 Å². The van der Waals surface area contributed by atoms with E-state index in [1.807, 2.05) is 74.5 Å². The maximum Gasteiger partial charge on any atom is 0.434 e. The second-order valence-corrected chi connectivity index (χ2v) is 10.8. The molecule has 0 aliphatic carbocycles. The summed E-state index contributed by atoms with van der Waals surface area (Å²) in [5, 5.41) is 1.19. The molecule has 190 valence electrons. The lowest BCUT2D eigenvalue weighted by Gasteiger charge is -2.29. The fraction of sp³-hybridized carbons (Fsp3) is 0.321.